The normalized spacial score (nSPS) is 36.0. The van der Waals surface area contributed by atoms with Gasteiger partial charge in [0.1, 0.15) is 6.10 Å². The molecule has 0 bridgehead atoms. The minimum Gasteiger partial charge on any atom is -0.387 e. The Bertz CT molecular complexity index is 412. The number of aliphatic hydroxyl groups excluding tert-OH is 1. The van der Waals surface area contributed by atoms with Crippen LogP contribution in [-0.2, 0) is 9.53 Å². The molecule has 0 unspecified atom stereocenters. The number of ether oxygens (including phenoxy) is 1. The van der Waals surface area contributed by atoms with E-state index < -0.39 is 17.3 Å². The zero-order valence-corrected chi connectivity index (χ0v) is 13.5. The van der Waals surface area contributed by atoms with Gasteiger partial charge < -0.3 is 19.8 Å². The zero-order chi connectivity index (χ0) is 15.8. The van der Waals surface area contributed by atoms with Crippen molar-refractivity contribution in [2.24, 2.45) is 0 Å². The molecule has 3 aliphatic heterocycles. The van der Waals surface area contributed by atoms with Gasteiger partial charge in [0.25, 0.3) is 0 Å². The van der Waals surface area contributed by atoms with Crippen LogP contribution >= 0.6 is 0 Å². The first kappa shape index (κ1) is 16.2. The van der Waals surface area contributed by atoms with Crippen molar-refractivity contribution >= 4 is 5.91 Å². The highest BCUT2D eigenvalue weighted by atomic mass is 16.5. The molecule has 0 aromatic carbocycles. The van der Waals surface area contributed by atoms with Crippen molar-refractivity contribution in [3.8, 4) is 0 Å². The second-order valence-corrected chi connectivity index (χ2v) is 7.29. The number of amides is 1. The van der Waals surface area contributed by atoms with Crippen LogP contribution in [0, 0.1) is 0 Å². The minimum atomic E-state index is -1.08. The van der Waals surface area contributed by atoms with Gasteiger partial charge in [-0.05, 0) is 32.6 Å². The van der Waals surface area contributed by atoms with E-state index in [1.807, 2.05) is 4.90 Å². The van der Waals surface area contributed by atoms with Crippen LogP contribution in [0.2, 0.25) is 0 Å². The number of carbonyl (C=O) groups excluding carboxylic acids is 1. The summed E-state index contributed by atoms with van der Waals surface area (Å²) in [4.78, 5) is 16.3. The molecular weight excluding hydrogens is 284 g/mol. The molecule has 0 saturated carbocycles. The lowest BCUT2D eigenvalue weighted by Gasteiger charge is -2.51. The van der Waals surface area contributed by atoms with Gasteiger partial charge in [-0.2, -0.15) is 0 Å². The number of likely N-dealkylation sites (tertiary alicyclic amines) is 2. The summed E-state index contributed by atoms with van der Waals surface area (Å²) in [5.74, 6) is 0.213. The van der Waals surface area contributed by atoms with Crippen molar-refractivity contribution in [3.05, 3.63) is 0 Å². The zero-order valence-electron chi connectivity index (χ0n) is 13.5. The summed E-state index contributed by atoms with van der Waals surface area (Å²) in [6.45, 7) is 5.87. The Hall–Kier alpha value is -0.690. The predicted molar refractivity (Wildman–Crippen MR) is 81.4 cm³/mol. The van der Waals surface area contributed by atoms with Crippen LogP contribution < -0.4 is 0 Å². The van der Waals surface area contributed by atoms with Gasteiger partial charge in [-0.25, -0.2) is 0 Å². The second kappa shape index (κ2) is 6.07. The summed E-state index contributed by atoms with van der Waals surface area (Å²) in [7, 11) is 0. The lowest BCUT2D eigenvalue weighted by Crippen LogP contribution is -2.64. The molecule has 3 rings (SSSR count). The second-order valence-electron chi connectivity index (χ2n) is 7.29. The first-order valence-electron chi connectivity index (χ1n) is 8.48. The maximum absolute atomic E-state index is 12.2. The van der Waals surface area contributed by atoms with E-state index in [-0.39, 0.29) is 5.91 Å². The first-order valence-corrected chi connectivity index (χ1v) is 8.48. The Morgan fingerprint density at radius 3 is 2.45 bits per heavy atom. The molecule has 3 aliphatic rings. The van der Waals surface area contributed by atoms with Crippen molar-refractivity contribution in [3.63, 3.8) is 0 Å². The molecule has 126 valence electrons. The molecule has 1 spiro atoms. The number of nitrogens with zero attached hydrogens (tertiary/aromatic N) is 2. The van der Waals surface area contributed by atoms with Gasteiger partial charge in [0, 0.05) is 32.6 Å². The largest absolute Gasteiger partial charge is 0.387 e. The molecular formula is C16H28N2O4. The lowest BCUT2D eigenvalue weighted by atomic mass is 9.75. The molecule has 0 aromatic heterocycles. The van der Waals surface area contributed by atoms with E-state index >= 15 is 0 Å². The fourth-order valence-electron chi connectivity index (χ4n) is 4.01. The van der Waals surface area contributed by atoms with Gasteiger partial charge >= 0.3 is 0 Å². The van der Waals surface area contributed by atoms with Crippen molar-refractivity contribution in [2.75, 3.05) is 39.3 Å². The van der Waals surface area contributed by atoms with Crippen LogP contribution in [0.5, 0.6) is 0 Å². The van der Waals surface area contributed by atoms with Gasteiger partial charge in [0.2, 0.25) is 5.91 Å². The van der Waals surface area contributed by atoms with E-state index in [0.29, 0.717) is 32.4 Å². The molecule has 2 atom stereocenters. The first-order chi connectivity index (χ1) is 10.4. The number of hydrogen-bond acceptors (Lipinski definition) is 5. The maximum atomic E-state index is 12.2. The quantitative estimate of drug-likeness (QED) is 0.749. The fourth-order valence-corrected chi connectivity index (χ4v) is 4.01. The van der Waals surface area contributed by atoms with Gasteiger partial charge in [-0.15, -0.1) is 0 Å². The summed E-state index contributed by atoms with van der Waals surface area (Å²) in [5, 5.41) is 20.8. The molecule has 0 aromatic rings. The van der Waals surface area contributed by atoms with Crippen molar-refractivity contribution in [2.45, 2.75) is 56.3 Å². The number of rotatable bonds is 2. The summed E-state index contributed by atoms with van der Waals surface area (Å²) < 4.78 is 5.88. The SMILES string of the molecule is C[C@@]1(O)CCOC2(CCN(CC(=O)N3CCCC3)CC2)[C@H]1O. The van der Waals surface area contributed by atoms with Crippen LogP contribution in [-0.4, -0.2) is 82.6 Å². The summed E-state index contributed by atoms with van der Waals surface area (Å²) in [6, 6.07) is 0. The molecule has 2 N–H and O–H groups in total. The highest BCUT2D eigenvalue weighted by Gasteiger charge is 2.52. The Kier molecular flexibility index (Phi) is 4.47. The fraction of sp³-hybridized carbons (Fsp3) is 0.938. The number of carbonyl (C=O) groups is 1. The van der Waals surface area contributed by atoms with E-state index in [0.717, 1.165) is 39.0 Å². The van der Waals surface area contributed by atoms with Gasteiger partial charge in [-0.3, -0.25) is 9.69 Å². The van der Waals surface area contributed by atoms with Crippen LogP contribution in [0.1, 0.15) is 39.0 Å². The summed E-state index contributed by atoms with van der Waals surface area (Å²) in [6.07, 6.45) is 3.17. The van der Waals surface area contributed by atoms with E-state index in [1.54, 1.807) is 6.92 Å². The molecule has 0 radical (unpaired) electrons. The molecule has 6 heteroatoms. The number of hydrogen-bond donors (Lipinski definition) is 2. The predicted octanol–water partition coefficient (Wildman–Crippen LogP) is -0.0244. The van der Waals surface area contributed by atoms with Gasteiger partial charge in [0.15, 0.2) is 0 Å². The van der Waals surface area contributed by atoms with Crippen molar-refractivity contribution in [1.29, 1.82) is 0 Å². The van der Waals surface area contributed by atoms with E-state index in [1.165, 1.54) is 0 Å². The Morgan fingerprint density at radius 1 is 1.18 bits per heavy atom. The molecule has 1 amide bonds. The van der Waals surface area contributed by atoms with E-state index in [9.17, 15) is 15.0 Å². The average molecular weight is 312 g/mol. The van der Waals surface area contributed by atoms with Crippen LogP contribution in [0.3, 0.4) is 0 Å². The van der Waals surface area contributed by atoms with Crippen LogP contribution in [0.15, 0.2) is 0 Å². The Balaban J connectivity index is 1.54. The molecule has 0 aliphatic carbocycles. The van der Waals surface area contributed by atoms with Crippen molar-refractivity contribution in [1.82, 2.24) is 9.80 Å². The Labute approximate surface area is 132 Å². The molecule has 3 fully saturated rings. The lowest BCUT2D eigenvalue weighted by molar-refractivity contribution is -0.246. The third kappa shape index (κ3) is 3.02. The third-order valence-corrected chi connectivity index (χ3v) is 5.61. The molecule has 3 heterocycles. The van der Waals surface area contributed by atoms with Gasteiger partial charge in [-0.1, -0.05) is 0 Å². The van der Waals surface area contributed by atoms with Crippen molar-refractivity contribution < 1.29 is 19.7 Å². The highest BCUT2D eigenvalue weighted by molar-refractivity contribution is 5.78. The topological polar surface area (TPSA) is 73.2 Å². The average Bonchev–Trinajstić information content (AvgIpc) is 3.01. The van der Waals surface area contributed by atoms with E-state index in [2.05, 4.69) is 4.90 Å². The van der Waals surface area contributed by atoms with Gasteiger partial charge in [0.05, 0.1) is 24.4 Å². The number of aliphatic hydroxyl groups is 2. The Morgan fingerprint density at radius 2 is 1.82 bits per heavy atom. The third-order valence-electron chi connectivity index (χ3n) is 5.61. The minimum absolute atomic E-state index is 0.213. The van der Waals surface area contributed by atoms with Crippen LogP contribution in [0.4, 0.5) is 0 Å². The summed E-state index contributed by atoms with van der Waals surface area (Å²) >= 11 is 0. The molecule has 22 heavy (non-hydrogen) atoms. The maximum Gasteiger partial charge on any atom is 0.236 e. The molecule has 3 saturated heterocycles. The highest BCUT2D eigenvalue weighted by Crippen LogP contribution is 2.39. The smallest absolute Gasteiger partial charge is 0.236 e. The monoisotopic (exact) mass is 312 g/mol. The standard InChI is InChI=1S/C16H28N2O4/c1-15(21)6-11-22-16(14(15)20)4-9-17(10-5-16)12-13(19)18-7-2-3-8-18/h14,20-21H,2-12H2,1H3/t14-,15+/m0/s1. The van der Waals surface area contributed by atoms with Crippen LogP contribution in [0.25, 0.3) is 0 Å². The van der Waals surface area contributed by atoms with E-state index in [4.69, 9.17) is 4.74 Å². The molecule has 6 nitrogen and oxygen atoms in total. The summed E-state index contributed by atoms with van der Waals surface area (Å²) in [5.41, 5.74) is -1.72. The number of piperidine rings is 1.